The Balaban J connectivity index is 2.12. The first-order chi connectivity index (χ1) is 8.16. The van der Waals surface area contributed by atoms with Crippen molar-refractivity contribution in [1.29, 1.82) is 0 Å². The summed E-state index contributed by atoms with van der Waals surface area (Å²) in [5, 5.41) is 0. The monoisotopic (exact) mass is 228 g/mol. The van der Waals surface area contributed by atoms with E-state index in [1.54, 1.807) is 12.4 Å². The highest BCUT2D eigenvalue weighted by atomic mass is 16.5. The van der Waals surface area contributed by atoms with Crippen LogP contribution in [-0.2, 0) is 6.61 Å². The van der Waals surface area contributed by atoms with Crippen molar-refractivity contribution in [1.82, 2.24) is 4.98 Å². The van der Waals surface area contributed by atoms with Gasteiger partial charge < -0.3 is 10.5 Å². The second kappa shape index (κ2) is 4.87. The van der Waals surface area contributed by atoms with Crippen LogP contribution in [0.2, 0.25) is 0 Å². The van der Waals surface area contributed by atoms with Crippen LogP contribution in [0.4, 0.5) is 5.69 Å². The second-order valence-electron chi connectivity index (χ2n) is 4.12. The zero-order valence-corrected chi connectivity index (χ0v) is 10.1. The fourth-order valence-corrected chi connectivity index (χ4v) is 1.61. The van der Waals surface area contributed by atoms with Crippen LogP contribution in [0.5, 0.6) is 5.75 Å². The molecule has 2 aromatic rings. The third-order valence-corrected chi connectivity index (χ3v) is 2.68. The van der Waals surface area contributed by atoms with Crippen LogP contribution in [0.25, 0.3) is 0 Å². The van der Waals surface area contributed by atoms with Crippen LogP contribution in [0, 0.1) is 13.8 Å². The van der Waals surface area contributed by atoms with Crippen molar-refractivity contribution >= 4 is 5.69 Å². The summed E-state index contributed by atoms with van der Waals surface area (Å²) in [6, 6.07) is 7.81. The maximum atomic E-state index is 5.83. The highest BCUT2D eigenvalue weighted by Crippen LogP contribution is 2.24. The van der Waals surface area contributed by atoms with Crippen molar-refractivity contribution in [2.24, 2.45) is 0 Å². The number of anilines is 1. The van der Waals surface area contributed by atoms with E-state index in [0.717, 1.165) is 28.1 Å². The quantitative estimate of drug-likeness (QED) is 0.822. The molecule has 0 aliphatic heterocycles. The van der Waals surface area contributed by atoms with E-state index in [1.807, 2.05) is 38.1 Å². The van der Waals surface area contributed by atoms with E-state index in [9.17, 15) is 0 Å². The van der Waals surface area contributed by atoms with Crippen molar-refractivity contribution in [2.45, 2.75) is 20.5 Å². The highest BCUT2D eigenvalue weighted by Gasteiger charge is 2.03. The number of nitrogens with zero attached hydrogens (tertiary/aromatic N) is 1. The molecule has 1 heterocycles. The SMILES string of the molecule is Cc1cc(OCc2cccnc2)c(C)cc1N. The van der Waals surface area contributed by atoms with Gasteiger partial charge >= 0.3 is 0 Å². The molecule has 0 unspecified atom stereocenters. The molecule has 0 fully saturated rings. The van der Waals surface area contributed by atoms with Crippen molar-refractivity contribution in [3.63, 3.8) is 0 Å². The Morgan fingerprint density at radius 2 is 2.06 bits per heavy atom. The first-order valence-corrected chi connectivity index (χ1v) is 5.55. The fraction of sp³-hybridized carbons (Fsp3) is 0.214. The minimum absolute atomic E-state index is 0.526. The van der Waals surface area contributed by atoms with Crippen molar-refractivity contribution in [3.05, 3.63) is 53.3 Å². The number of benzene rings is 1. The molecule has 3 nitrogen and oxygen atoms in total. The second-order valence-corrected chi connectivity index (χ2v) is 4.12. The van der Waals surface area contributed by atoms with E-state index < -0.39 is 0 Å². The van der Waals surface area contributed by atoms with Gasteiger partial charge in [0.25, 0.3) is 0 Å². The average Bonchev–Trinajstić information content (AvgIpc) is 2.33. The molecule has 2 rings (SSSR count). The summed E-state index contributed by atoms with van der Waals surface area (Å²) >= 11 is 0. The summed E-state index contributed by atoms with van der Waals surface area (Å²) in [4.78, 5) is 4.05. The number of aromatic nitrogens is 1. The van der Waals surface area contributed by atoms with E-state index >= 15 is 0 Å². The molecule has 0 aliphatic rings. The summed E-state index contributed by atoms with van der Waals surface area (Å²) < 4.78 is 5.76. The standard InChI is InChI=1S/C14H16N2O/c1-10-7-14(11(2)6-13(10)15)17-9-12-4-3-5-16-8-12/h3-8H,9,15H2,1-2H3. The first kappa shape index (κ1) is 11.5. The third-order valence-electron chi connectivity index (χ3n) is 2.68. The molecule has 0 atom stereocenters. The van der Waals surface area contributed by atoms with E-state index in [-0.39, 0.29) is 0 Å². The number of ether oxygens (including phenoxy) is 1. The smallest absolute Gasteiger partial charge is 0.123 e. The highest BCUT2D eigenvalue weighted by molar-refractivity contribution is 5.53. The maximum Gasteiger partial charge on any atom is 0.123 e. The van der Waals surface area contributed by atoms with Crippen molar-refractivity contribution in [3.8, 4) is 5.75 Å². The third kappa shape index (κ3) is 2.75. The average molecular weight is 228 g/mol. The van der Waals surface area contributed by atoms with Gasteiger partial charge in [0, 0.05) is 23.6 Å². The van der Waals surface area contributed by atoms with Crippen molar-refractivity contribution in [2.75, 3.05) is 5.73 Å². The molecule has 17 heavy (non-hydrogen) atoms. The Labute approximate surface area is 101 Å². The summed E-state index contributed by atoms with van der Waals surface area (Å²) in [5.41, 5.74) is 9.78. The Bertz CT molecular complexity index is 509. The van der Waals surface area contributed by atoms with Gasteiger partial charge in [-0.2, -0.15) is 0 Å². The maximum absolute atomic E-state index is 5.83. The van der Waals surface area contributed by atoms with Gasteiger partial charge in [-0.15, -0.1) is 0 Å². The number of hydrogen-bond donors (Lipinski definition) is 1. The predicted octanol–water partition coefficient (Wildman–Crippen LogP) is 2.86. The largest absolute Gasteiger partial charge is 0.489 e. The predicted molar refractivity (Wildman–Crippen MR) is 68.9 cm³/mol. The molecular weight excluding hydrogens is 212 g/mol. The molecule has 0 saturated heterocycles. The molecule has 0 bridgehead atoms. The van der Waals surface area contributed by atoms with Crippen LogP contribution in [0.15, 0.2) is 36.7 Å². The van der Waals surface area contributed by atoms with E-state index in [4.69, 9.17) is 10.5 Å². The van der Waals surface area contributed by atoms with E-state index in [0.29, 0.717) is 6.61 Å². The van der Waals surface area contributed by atoms with Gasteiger partial charge in [0.2, 0.25) is 0 Å². The Morgan fingerprint density at radius 3 is 2.76 bits per heavy atom. The zero-order valence-electron chi connectivity index (χ0n) is 10.1. The molecule has 0 radical (unpaired) electrons. The molecule has 0 saturated carbocycles. The van der Waals surface area contributed by atoms with Gasteiger partial charge in [-0.25, -0.2) is 0 Å². The fourth-order valence-electron chi connectivity index (χ4n) is 1.61. The molecule has 88 valence electrons. The van der Waals surface area contributed by atoms with Crippen LogP contribution >= 0.6 is 0 Å². The molecule has 0 spiro atoms. The zero-order chi connectivity index (χ0) is 12.3. The molecule has 2 N–H and O–H groups in total. The van der Waals surface area contributed by atoms with Gasteiger partial charge in [0.05, 0.1) is 0 Å². The molecule has 0 amide bonds. The lowest BCUT2D eigenvalue weighted by atomic mass is 10.1. The molecule has 3 heteroatoms. The Kier molecular flexibility index (Phi) is 3.28. The van der Waals surface area contributed by atoms with Gasteiger partial charge in [0.15, 0.2) is 0 Å². The number of rotatable bonds is 3. The van der Waals surface area contributed by atoms with Gasteiger partial charge in [-0.1, -0.05) is 6.07 Å². The lowest BCUT2D eigenvalue weighted by Gasteiger charge is -2.11. The van der Waals surface area contributed by atoms with E-state index in [1.165, 1.54) is 0 Å². The van der Waals surface area contributed by atoms with Gasteiger partial charge in [-0.3, -0.25) is 4.98 Å². The summed E-state index contributed by atoms with van der Waals surface area (Å²) in [6.07, 6.45) is 3.56. The Morgan fingerprint density at radius 1 is 1.24 bits per heavy atom. The van der Waals surface area contributed by atoms with Gasteiger partial charge in [-0.05, 0) is 43.2 Å². The van der Waals surface area contributed by atoms with E-state index in [2.05, 4.69) is 4.98 Å². The number of nitrogen functional groups attached to an aromatic ring is 1. The lowest BCUT2D eigenvalue weighted by Crippen LogP contribution is -1.99. The van der Waals surface area contributed by atoms with Crippen LogP contribution < -0.4 is 10.5 Å². The first-order valence-electron chi connectivity index (χ1n) is 5.55. The minimum Gasteiger partial charge on any atom is -0.489 e. The van der Waals surface area contributed by atoms with Crippen LogP contribution in [0.1, 0.15) is 16.7 Å². The Hall–Kier alpha value is -2.03. The molecule has 1 aromatic heterocycles. The molecule has 0 aliphatic carbocycles. The topological polar surface area (TPSA) is 48.1 Å². The summed E-state index contributed by atoms with van der Waals surface area (Å²) in [6.45, 7) is 4.50. The van der Waals surface area contributed by atoms with Crippen LogP contribution in [-0.4, -0.2) is 4.98 Å². The molecular formula is C14H16N2O. The minimum atomic E-state index is 0.526. The number of aryl methyl sites for hydroxylation is 2. The summed E-state index contributed by atoms with van der Waals surface area (Å²) in [7, 11) is 0. The lowest BCUT2D eigenvalue weighted by molar-refractivity contribution is 0.303. The molecule has 1 aromatic carbocycles. The van der Waals surface area contributed by atoms with Gasteiger partial charge in [0.1, 0.15) is 12.4 Å². The number of hydrogen-bond acceptors (Lipinski definition) is 3. The van der Waals surface area contributed by atoms with Crippen LogP contribution in [0.3, 0.4) is 0 Å². The number of pyridine rings is 1. The van der Waals surface area contributed by atoms with Crippen molar-refractivity contribution < 1.29 is 4.74 Å². The normalized spacial score (nSPS) is 10.2. The number of nitrogens with two attached hydrogens (primary N) is 1. The summed E-state index contributed by atoms with van der Waals surface area (Å²) in [5.74, 6) is 0.876.